The molecule has 21 heavy (non-hydrogen) atoms. The Hall–Kier alpha value is 1.07. The molecular formula is C13H21Cl5O3. The molecule has 1 atom stereocenters. The van der Waals surface area contributed by atoms with Gasteiger partial charge in [-0.25, -0.2) is 0 Å². The normalized spacial score (nSPS) is 15.0. The van der Waals surface area contributed by atoms with Crippen LogP contribution in [0.5, 0.6) is 0 Å². The molecule has 0 N–H and O–H groups in total. The van der Waals surface area contributed by atoms with Gasteiger partial charge in [0.05, 0.1) is 0 Å². The quantitative estimate of drug-likeness (QED) is 0.299. The second-order valence-corrected chi connectivity index (χ2v) is 8.30. The van der Waals surface area contributed by atoms with Crippen LogP contribution in [0.3, 0.4) is 0 Å². The molecule has 0 heterocycles. The van der Waals surface area contributed by atoms with E-state index in [9.17, 15) is 0 Å². The number of hydrogen-bond donors (Lipinski definition) is 0. The van der Waals surface area contributed by atoms with Gasteiger partial charge in [0.1, 0.15) is 6.10 Å². The molecule has 0 aliphatic heterocycles. The lowest BCUT2D eigenvalue weighted by molar-refractivity contribution is -0.377. The Kier molecular flexibility index (Phi) is 9.24. The van der Waals surface area contributed by atoms with Crippen molar-refractivity contribution < 1.29 is 14.2 Å². The maximum atomic E-state index is 6.22. The highest BCUT2D eigenvalue weighted by molar-refractivity contribution is 6.75. The Bertz CT molecular complexity index is 342. The second-order valence-electron chi connectivity index (χ2n) is 4.63. The van der Waals surface area contributed by atoms with Crippen molar-refractivity contribution in [3.8, 4) is 0 Å². The summed E-state index contributed by atoms with van der Waals surface area (Å²) in [7, 11) is 0. The molecule has 126 valence electrons. The van der Waals surface area contributed by atoms with Gasteiger partial charge < -0.3 is 14.2 Å². The van der Waals surface area contributed by atoms with Gasteiger partial charge in [-0.2, -0.15) is 0 Å². The summed E-state index contributed by atoms with van der Waals surface area (Å²) in [5.41, 5.74) is 0.885. The average Bonchev–Trinajstić information content (AvgIpc) is 2.26. The van der Waals surface area contributed by atoms with Gasteiger partial charge in [-0.05, 0) is 27.7 Å². The van der Waals surface area contributed by atoms with Crippen LogP contribution in [-0.2, 0) is 14.2 Å². The predicted molar refractivity (Wildman–Crippen MR) is 90.7 cm³/mol. The van der Waals surface area contributed by atoms with E-state index in [1.54, 1.807) is 26.8 Å². The third kappa shape index (κ3) is 7.01. The summed E-state index contributed by atoms with van der Waals surface area (Å²) in [6.07, 6.45) is 0.694. The number of ether oxygens (including phenoxy) is 3. The van der Waals surface area contributed by atoms with Gasteiger partial charge in [-0.3, -0.25) is 0 Å². The number of halogens is 5. The van der Waals surface area contributed by atoms with E-state index in [2.05, 4.69) is 0 Å². The summed E-state index contributed by atoms with van der Waals surface area (Å²) in [6, 6.07) is 0. The van der Waals surface area contributed by atoms with Crippen LogP contribution in [0.2, 0.25) is 0 Å². The highest BCUT2D eigenvalue weighted by atomic mass is 35.6. The van der Waals surface area contributed by atoms with E-state index < -0.39 is 20.2 Å². The van der Waals surface area contributed by atoms with Crippen LogP contribution in [0.15, 0.2) is 11.6 Å². The van der Waals surface area contributed by atoms with Crippen LogP contribution in [0, 0.1) is 0 Å². The minimum Gasteiger partial charge on any atom is -0.328 e. The third-order valence-electron chi connectivity index (χ3n) is 2.37. The molecule has 0 aromatic carbocycles. The van der Waals surface area contributed by atoms with E-state index in [1.165, 1.54) is 0 Å². The first-order chi connectivity index (χ1) is 9.39. The lowest BCUT2D eigenvalue weighted by Gasteiger charge is -2.39. The minimum absolute atomic E-state index is 0.364. The van der Waals surface area contributed by atoms with E-state index in [0.29, 0.717) is 13.2 Å². The van der Waals surface area contributed by atoms with Gasteiger partial charge in [0.2, 0.25) is 3.79 Å². The average molecular weight is 403 g/mol. The van der Waals surface area contributed by atoms with Crippen LogP contribution in [0.25, 0.3) is 0 Å². The fourth-order valence-corrected chi connectivity index (χ4v) is 2.08. The largest absolute Gasteiger partial charge is 0.328 e. The Morgan fingerprint density at radius 3 is 1.71 bits per heavy atom. The first kappa shape index (κ1) is 22.1. The van der Waals surface area contributed by atoms with Crippen molar-refractivity contribution >= 4 is 58.0 Å². The summed E-state index contributed by atoms with van der Waals surface area (Å²) < 4.78 is 12.9. The Labute approximate surface area is 151 Å². The fraction of sp³-hybridized carbons (Fsp3) is 0.846. The zero-order valence-electron chi connectivity index (χ0n) is 12.7. The van der Waals surface area contributed by atoms with Crippen molar-refractivity contribution in [2.24, 2.45) is 0 Å². The fourth-order valence-electron chi connectivity index (χ4n) is 1.54. The molecule has 3 nitrogen and oxygen atoms in total. The van der Waals surface area contributed by atoms with Gasteiger partial charge in [0.15, 0.2) is 4.33 Å². The Morgan fingerprint density at radius 2 is 1.43 bits per heavy atom. The molecule has 0 aliphatic rings. The minimum atomic E-state index is -1.97. The molecule has 8 heteroatoms. The van der Waals surface area contributed by atoms with Gasteiger partial charge in [0.25, 0.3) is 5.97 Å². The first-order valence-electron chi connectivity index (χ1n) is 6.45. The molecular weight excluding hydrogens is 381 g/mol. The topological polar surface area (TPSA) is 27.7 Å². The highest BCUT2D eigenvalue weighted by Crippen LogP contribution is 2.50. The molecule has 0 spiro atoms. The zero-order chi connectivity index (χ0) is 16.9. The van der Waals surface area contributed by atoms with E-state index in [4.69, 9.17) is 72.2 Å². The summed E-state index contributed by atoms with van der Waals surface area (Å²) in [4.78, 5) is 0. The van der Waals surface area contributed by atoms with Crippen molar-refractivity contribution in [1.82, 2.24) is 0 Å². The van der Waals surface area contributed by atoms with Gasteiger partial charge >= 0.3 is 0 Å². The molecule has 0 saturated heterocycles. The summed E-state index contributed by atoms with van der Waals surface area (Å²) >= 11 is 30.0. The number of allylic oxidation sites excluding steroid dienone is 1. The molecule has 0 aliphatic carbocycles. The number of alkyl halides is 5. The smallest absolute Gasteiger partial charge is 0.280 e. The van der Waals surface area contributed by atoms with Crippen molar-refractivity contribution in [1.29, 1.82) is 0 Å². The van der Waals surface area contributed by atoms with E-state index in [0.717, 1.165) is 5.57 Å². The van der Waals surface area contributed by atoms with Crippen LogP contribution in [0.4, 0.5) is 0 Å². The lowest BCUT2D eigenvalue weighted by atomic mass is 10.2. The molecule has 0 fully saturated rings. The van der Waals surface area contributed by atoms with E-state index in [-0.39, 0.29) is 0 Å². The van der Waals surface area contributed by atoms with Crippen LogP contribution in [0.1, 0.15) is 34.6 Å². The van der Waals surface area contributed by atoms with Crippen molar-refractivity contribution in [3.05, 3.63) is 11.6 Å². The Balaban J connectivity index is 5.49. The van der Waals surface area contributed by atoms with Crippen LogP contribution < -0.4 is 0 Å². The molecule has 0 rings (SSSR count). The zero-order valence-corrected chi connectivity index (χ0v) is 16.5. The van der Waals surface area contributed by atoms with E-state index in [1.807, 2.05) is 13.8 Å². The highest BCUT2D eigenvalue weighted by Gasteiger charge is 2.53. The van der Waals surface area contributed by atoms with Gasteiger partial charge in [-0.15, -0.1) is 0 Å². The summed E-state index contributed by atoms with van der Waals surface area (Å²) in [5, 5.41) is 0. The third-order valence-corrected chi connectivity index (χ3v) is 4.85. The first-order valence-corrected chi connectivity index (χ1v) is 8.34. The molecule has 0 amide bonds. The standard InChI is InChI=1S/C13H21Cl5O3/c1-6-19-11(5,20-7-2)21-10(8-9(3)4)12(14,15)13(16,17)18/h8,10H,6-7H2,1-5H3. The second kappa shape index (κ2) is 8.79. The van der Waals surface area contributed by atoms with E-state index >= 15 is 0 Å². The predicted octanol–water partition coefficient (Wildman–Crippen LogP) is 5.63. The van der Waals surface area contributed by atoms with Gasteiger partial charge in [0, 0.05) is 20.1 Å². The number of hydrogen-bond acceptors (Lipinski definition) is 3. The molecule has 0 bridgehead atoms. The molecule has 1 unspecified atom stereocenters. The molecule has 0 radical (unpaired) electrons. The monoisotopic (exact) mass is 400 g/mol. The van der Waals surface area contributed by atoms with Crippen LogP contribution >= 0.6 is 58.0 Å². The van der Waals surface area contributed by atoms with Crippen LogP contribution in [-0.4, -0.2) is 33.4 Å². The molecule has 0 aromatic rings. The summed E-state index contributed by atoms with van der Waals surface area (Å²) in [6.45, 7) is 9.63. The number of rotatable bonds is 8. The maximum absolute atomic E-state index is 6.22. The maximum Gasteiger partial charge on any atom is 0.280 e. The summed E-state index contributed by atoms with van der Waals surface area (Å²) in [5.74, 6) is -1.36. The molecule has 0 saturated carbocycles. The van der Waals surface area contributed by atoms with Gasteiger partial charge in [-0.1, -0.05) is 69.7 Å². The molecule has 0 aromatic heterocycles. The SMILES string of the molecule is CCOC(C)(OCC)OC(C=C(C)C)C(Cl)(Cl)C(Cl)(Cl)Cl. The van der Waals surface area contributed by atoms with Crippen molar-refractivity contribution in [2.75, 3.05) is 13.2 Å². The van der Waals surface area contributed by atoms with Crippen molar-refractivity contribution in [3.63, 3.8) is 0 Å². The Morgan fingerprint density at radius 1 is 1.00 bits per heavy atom. The van der Waals surface area contributed by atoms with Crippen molar-refractivity contribution in [2.45, 2.75) is 54.8 Å². The lowest BCUT2D eigenvalue weighted by Crippen LogP contribution is -2.49.